The van der Waals surface area contributed by atoms with Crippen molar-refractivity contribution in [1.82, 2.24) is 0 Å². The van der Waals surface area contributed by atoms with E-state index in [0.29, 0.717) is 0 Å². The maximum atomic E-state index is 4.74. The monoisotopic (exact) mass is 162 g/mol. The van der Waals surface area contributed by atoms with Gasteiger partial charge in [0.25, 0.3) is 0 Å². The maximum absolute atomic E-state index is 4.74. The normalized spacial score (nSPS) is 9.00. The van der Waals surface area contributed by atoms with Crippen LogP contribution in [-0.2, 0) is 13.3 Å². The van der Waals surface area contributed by atoms with Gasteiger partial charge >= 0.3 is 60.9 Å². The van der Waals surface area contributed by atoms with Gasteiger partial charge in [-0.05, 0) is 0 Å². The summed E-state index contributed by atoms with van der Waals surface area (Å²) < 4.78 is 14.2. The third kappa shape index (κ3) is 5.86. The van der Waals surface area contributed by atoms with Crippen LogP contribution in [0.3, 0.4) is 0 Å². The van der Waals surface area contributed by atoms with Crippen LogP contribution in [0.1, 0.15) is 0 Å². The van der Waals surface area contributed by atoms with Crippen LogP contribution >= 0.6 is 0 Å². The number of hydrogen-bond donors (Lipinski definition) is 0. The molecule has 0 aliphatic heterocycles. The van der Waals surface area contributed by atoms with E-state index in [-0.39, 0.29) is 51.4 Å². The molecule has 0 aliphatic carbocycles. The summed E-state index contributed by atoms with van der Waals surface area (Å²) in [6, 6.07) is 0. The van der Waals surface area contributed by atoms with E-state index in [1.54, 1.807) is 21.3 Å². The van der Waals surface area contributed by atoms with Gasteiger partial charge in [-0.1, -0.05) is 0 Å². The average Bonchev–Trinajstić information content (AvgIpc) is 1.72. The van der Waals surface area contributed by atoms with Gasteiger partial charge in [0.2, 0.25) is 0 Å². The van der Waals surface area contributed by atoms with Crippen LogP contribution in [0.25, 0.3) is 0 Å². The molecule has 0 aromatic heterocycles. The second kappa shape index (κ2) is 8.73. The van der Waals surface area contributed by atoms with Gasteiger partial charge in [0, 0.05) is 21.3 Å². The van der Waals surface area contributed by atoms with Crippen LogP contribution in [-0.4, -0.2) is 82.2 Å². The van der Waals surface area contributed by atoms with Gasteiger partial charge in [-0.2, -0.15) is 0 Å². The molecule has 0 bridgehead atoms. The fourth-order valence-corrected chi connectivity index (χ4v) is 0.866. The summed E-state index contributed by atoms with van der Waals surface area (Å²) in [4.78, 5) is 0. The Bertz CT molecular complexity index is 36.0. The molecule has 0 spiro atoms. The van der Waals surface area contributed by atoms with E-state index in [1.807, 2.05) is 0 Å². The van der Waals surface area contributed by atoms with E-state index in [4.69, 9.17) is 13.3 Å². The van der Waals surface area contributed by atoms with E-state index >= 15 is 0 Å². The van der Waals surface area contributed by atoms with Gasteiger partial charge in [0.05, 0.1) is 0 Å². The van der Waals surface area contributed by atoms with Gasteiger partial charge in [-0.3, -0.25) is 0 Å². The van der Waals surface area contributed by atoms with Crippen LogP contribution < -0.4 is 0 Å². The minimum atomic E-state index is -1.67. The van der Waals surface area contributed by atoms with Crippen LogP contribution in [0, 0.1) is 0 Å². The number of rotatable bonds is 3. The van der Waals surface area contributed by atoms with E-state index in [2.05, 4.69) is 0 Å². The minimum absolute atomic E-state index is 0. The zero-order valence-electron chi connectivity index (χ0n) is 4.80. The SMILES string of the molecule is CO[SiH](OC)OC.[KH]. The summed E-state index contributed by atoms with van der Waals surface area (Å²) in [5, 5.41) is 0. The molecular formula is C3H11KO3Si. The van der Waals surface area contributed by atoms with E-state index in [0.717, 1.165) is 0 Å². The van der Waals surface area contributed by atoms with Crippen LogP contribution in [0.4, 0.5) is 0 Å². The summed E-state index contributed by atoms with van der Waals surface area (Å²) in [7, 11) is 3.05. The molecule has 0 fully saturated rings. The van der Waals surface area contributed by atoms with Gasteiger partial charge in [0.1, 0.15) is 0 Å². The Hall–Kier alpha value is 1.73. The standard InChI is InChI=1S/C3H10O3Si.K.H/c1-4-7(5-2)6-3;;/h7H,1-3H3;;. The molecule has 3 nitrogen and oxygen atoms in total. The predicted octanol–water partition coefficient (Wildman–Crippen LogP) is -1.01. The van der Waals surface area contributed by atoms with Crippen molar-refractivity contribution < 1.29 is 13.3 Å². The molecule has 0 rings (SSSR count). The molecule has 0 aromatic rings. The third-order valence-electron chi connectivity index (χ3n) is 0.577. The second-order valence-corrected chi connectivity index (χ2v) is 2.99. The zero-order chi connectivity index (χ0) is 5.70. The summed E-state index contributed by atoms with van der Waals surface area (Å²) in [5.74, 6) is 0. The summed E-state index contributed by atoms with van der Waals surface area (Å²) in [6.07, 6.45) is 0. The zero-order valence-corrected chi connectivity index (χ0v) is 5.96. The van der Waals surface area contributed by atoms with Crippen LogP contribution in [0.5, 0.6) is 0 Å². The topological polar surface area (TPSA) is 27.7 Å². The predicted molar refractivity (Wildman–Crippen MR) is 35.3 cm³/mol. The molecule has 0 saturated carbocycles. The first-order chi connectivity index (χ1) is 3.35. The van der Waals surface area contributed by atoms with Crippen molar-refractivity contribution in [3.8, 4) is 0 Å². The molecule has 0 N–H and O–H groups in total. The van der Waals surface area contributed by atoms with Crippen molar-refractivity contribution in [2.75, 3.05) is 21.3 Å². The van der Waals surface area contributed by atoms with Gasteiger partial charge < -0.3 is 13.3 Å². The molecule has 5 heteroatoms. The summed E-state index contributed by atoms with van der Waals surface area (Å²) in [5.41, 5.74) is 0. The van der Waals surface area contributed by atoms with Crippen molar-refractivity contribution in [3.63, 3.8) is 0 Å². The Morgan fingerprint density at radius 1 is 0.875 bits per heavy atom. The van der Waals surface area contributed by atoms with E-state index in [9.17, 15) is 0 Å². The van der Waals surface area contributed by atoms with Gasteiger partial charge in [0.15, 0.2) is 0 Å². The molecule has 0 atom stereocenters. The molecule has 0 radical (unpaired) electrons. The van der Waals surface area contributed by atoms with Crippen LogP contribution in [0.15, 0.2) is 0 Å². The van der Waals surface area contributed by atoms with Crippen molar-refractivity contribution in [2.45, 2.75) is 0 Å². The summed E-state index contributed by atoms with van der Waals surface area (Å²) >= 11 is 0. The molecule has 0 saturated heterocycles. The van der Waals surface area contributed by atoms with Crippen molar-refractivity contribution in [3.05, 3.63) is 0 Å². The van der Waals surface area contributed by atoms with Crippen LogP contribution in [0.2, 0.25) is 0 Å². The Balaban J connectivity index is 0. The van der Waals surface area contributed by atoms with E-state index in [1.165, 1.54) is 0 Å². The molecule has 0 heterocycles. The molecule has 0 amide bonds. The first kappa shape index (κ1) is 12.4. The van der Waals surface area contributed by atoms with Crippen molar-refractivity contribution in [2.24, 2.45) is 0 Å². The van der Waals surface area contributed by atoms with Gasteiger partial charge in [-0.15, -0.1) is 0 Å². The first-order valence-electron chi connectivity index (χ1n) is 1.93. The molecule has 0 unspecified atom stereocenters. The Kier molecular flexibility index (Phi) is 13.6. The third-order valence-corrected chi connectivity index (χ3v) is 1.73. The summed E-state index contributed by atoms with van der Waals surface area (Å²) in [6.45, 7) is 0. The number of hydrogen-bond acceptors (Lipinski definition) is 3. The molecule has 8 heavy (non-hydrogen) atoms. The quantitative estimate of drug-likeness (QED) is 0.498. The van der Waals surface area contributed by atoms with Gasteiger partial charge in [-0.25, -0.2) is 0 Å². The molecule has 46 valence electrons. The fraction of sp³-hybridized carbons (Fsp3) is 1.00. The second-order valence-electron chi connectivity index (χ2n) is 0.996. The Morgan fingerprint density at radius 2 is 1.12 bits per heavy atom. The van der Waals surface area contributed by atoms with E-state index < -0.39 is 9.53 Å². The van der Waals surface area contributed by atoms with Crippen molar-refractivity contribution in [1.29, 1.82) is 0 Å². The first-order valence-corrected chi connectivity index (χ1v) is 3.35. The van der Waals surface area contributed by atoms with Crippen molar-refractivity contribution >= 4 is 60.9 Å². The Labute approximate surface area is 94.1 Å². The molecule has 0 aromatic carbocycles. The molecule has 0 aliphatic rings. The molecular weight excluding hydrogens is 151 g/mol. The fourth-order valence-electron chi connectivity index (χ4n) is 0.289. The Morgan fingerprint density at radius 3 is 1.12 bits per heavy atom. The average molecular weight is 162 g/mol.